The Kier molecular flexibility index (Phi) is 11.7. The summed E-state index contributed by atoms with van der Waals surface area (Å²) in [5, 5.41) is 0. The first-order valence-corrected chi connectivity index (χ1v) is 16.8. The average Bonchev–Trinajstić information content (AvgIpc) is 3.38. The van der Waals surface area contributed by atoms with Crippen LogP contribution >= 0.6 is 0 Å². The number of allylic oxidation sites excluding steroid dienone is 4. The predicted molar refractivity (Wildman–Crippen MR) is 161 cm³/mol. The van der Waals surface area contributed by atoms with Crippen LogP contribution < -0.4 is 0 Å². The van der Waals surface area contributed by atoms with Crippen LogP contribution in [0.5, 0.6) is 0 Å². The van der Waals surface area contributed by atoms with Gasteiger partial charge in [0, 0.05) is 0 Å². The lowest BCUT2D eigenvalue weighted by Crippen LogP contribution is -2.44. The van der Waals surface area contributed by atoms with Crippen LogP contribution in [0.25, 0.3) is 0 Å². The minimum absolute atomic E-state index is 0.678. The quantitative estimate of drug-likeness (QED) is 0.313. The SMILES string of the molecule is C/C=C(/C1=C(CC)C(CCC)C(C2CCC3CCCC3C2)C2CCCCC12)C(C)C(C)C(C)C.CC. The molecule has 0 nitrogen and oxygen atoms in total. The Bertz CT molecular complexity index is 722. The van der Waals surface area contributed by atoms with Gasteiger partial charge in [-0.25, -0.2) is 0 Å². The Morgan fingerprint density at radius 3 is 2.14 bits per heavy atom. The van der Waals surface area contributed by atoms with Crippen molar-refractivity contribution in [2.24, 2.45) is 59.2 Å². The third-order valence-corrected chi connectivity index (χ3v) is 11.8. The van der Waals surface area contributed by atoms with Gasteiger partial charge in [0.1, 0.15) is 0 Å². The van der Waals surface area contributed by atoms with Crippen LogP contribution in [0.3, 0.4) is 0 Å². The van der Waals surface area contributed by atoms with Crippen LogP contribution in [0, 0.1) is 59.2 Å². The normalized spacial score (nSPS) is 36.6. The fourth-order valence-corrected chi connectivity index (χ4v) is 9.77. The predicted octanol–water partition coefficient (Wildman–Crippen LogP) is 11.7. The van der Waals surface area contributed by atoms with Crippen molar-refractivity contribution in [3.63, 3.8) is 0 Å². The zero-order chi connectivity index (χ0) is 26.4. The molecular formula is C36H64. The molecule has 9 atom stereocenters. The molecule has 4 aliphatic carbocycles. The maximum absolute atomic E-state index is 2.56. The van der Waals surface area contributed by atoms with Gasteiger partial charge in [-0.15, -0.1) is 0 Å². The first-order chi connectivity index (χ1) is 17.4. The molecular weight excluding hydrogens is 432 g/mol. The molecule has 0 radical (unpaired) electrons. The summed E-state index contributed by atoms with van der Waals surface area (Å²) in [6, 6.07) is 0. The number of fused-ring (bicyclic) bond motifs is 2. The molecule has 0 aromatic heterocycles. The van der Waals surface area contributed by atoms with Gasteiger partial charge in [-0.2, -0.15) is 0 Å². The van der Waals surface area contributed by atoms with Gasteiger partial charge in [0.25, 0.3) is 0 Å². The van der Waals surface area contributed by atoms with Crippen LogP contribution in [0.4, 0.5) is 0 Å². The van der Waals surface area contributed by atoms with Gasteiger partial charge in [-0.3, -0.25) is 0 Å². The maximum Gasteiger partial charge on any atom is -0.0128 e. The van der Waals surface area contributed by atoms with Gasteiger partial charge in [-0.1, -0.05) is 106 Å². The largest absolute Gasteiger partial charge is 0.0839 e. The van der Waals surface area contributed by atoms with Crippen molar-refractivity contribution in [3.8, 4) is 0 Å². The van der Waals surface area contributed by atoms with E-state index in [2.05, 4.69) is 54.5 Å². The van der Waals surface area contributed by atoms with E-state index >= 15 is 0 Å². The van der Waals surface area contributed by atoms with Crippen LogP contribution in [0.1, 0.15) is 146 Å². The zero-order valence-corrected chi connectivity index (χ0v) is 26.0. The lowest BCUT2D eigenvalue weighted by molar-refractivity contribution is 0.0326. The highest BCUT2D eigenvalue weighted by Gasteiger charge is 2.49. The third-order valence-electron chi connectivity index (χ3n) is 11.8. The molecule has 3 fully saturated rings. The molecule has 0 aromatic rings. The van der Waals surface area contributed by atoms with Crippen LogP contribution in [-0.2, 0) is 0 Å². The summed E-state index contributed by atoms with van der Waals surface area (Å²) in [5.74, 6) is 9.05. The van der Waals surface area contributed by atoms with E-state index in [0.29, 0.717) is 5.92 Å². The molecule has 0 spiro atoms. The van der Waals surface area contributed by atoms with Crippen molar-refractivity contribution in [1.82, 2.24) is 0 Å². The minimum atomic E-state index is 0.678. The van der Waals surface area contributed by atoms with Crippen molar-refractivity contribution >= 4 is 0 Å². The Balaban J connectivity index is 0.00000176. The highest BCUT2D eigenvalue weighted by atomic mass is 14.5. The Hall–Kier alpha value is -0.520. The Morgan fingerprint density at radius 1 is 0.833 bits per heavy atom. The molecule has 0 aliphatic heterocycles. The van der Waals surface area contributed by atoms with Crippen molar-refractivity contribution in [2.75, 3.05) is 0 Å². The third kappa shape index (κ3) is 6.04. The highest BCUT2D eigenvalue weighted by Crippen LogP contribution is 2.59. The zero-order valence-electron chi connectivity index (χ0n) is 26.0. The standard InChI is InChI=1S/C34H58.C2H6/c1-8-14-30-29(10-3)34(28(9-2)24(7)23(6)22(4)5)32-18-12-11-17-31(32)33(30)27-20-19-25-15-13-16-26(25)21-27;1-2/h9,22-27,30-33H,8,10-21H2,1-7H3;1-2H3/b28-9+;. The fourth-order valence-electron chi connectivity index (χ4n) is 9.77. The van der Waals surface area contributed by atoms with Crippen molar-refractivity contribution in [2.45, 2.75) is 146 Å². The molecule has 9 unspecified atom stereocenters. The van der Waals surface area contributed by atoms with Crippen molar-refractivity contribution in [1.29, 1.82) is 0 Å². The topological polar surface area (TPSA) is 0 Å². The molecule has 0 N–H and O–H groups in total. The highest BCUT2D eigenvalue weighted by molar-refractivity contribution is 5.43. The lowest BCUT2D eigenvalue weighted by Gasteiger charge is -2.53. The van der Waals surface area contributed by atoms with Gasteiger partial charge in [0.15, 0.2) is 0 Å². The molecule has 3 saturated carbocycles. The average molecular weight is 497 g/mol. The molecule has 0 saturated heterocycles. The minimum Gasteiger partial charge on any atom is -0.0839 e. The smallest absolute Gasteiger partial charge is 0.0128 e. The molecule has 0 aromatic carbocycles. The van der Waals surface area contributed by atoms with Crippen molar-refractivity contribution in [3.05, 3.63) is 22.8 Å². The Morgan fingerprint density at radius 2 is 1.50 bits per heavy atom. The summed E-state index contributed by atoms with van der Waals surface area (Å²) < 4.78 is 0. The van der Waals surface area contributed by atoms with Crippen molar-refractivity contribution < 1.29 is 0 Å². The molecule has 0 bridgehead atoms. The lowest BCUT2D eigenvalue weighted by atomic mass is 9.51. The molecule has 0 amide bonds. The second-order valence-corrected chi connectivity index (χ2v) is 13.5. The van der Waals surface area contributed by atoms with Crippen LogP contribution in [0.2, 0.25) is 0 Å². The summed E-state index contributed by atoms with van der Waals surface area (Å²) in [6.45, 7) is 21.3. The fraction of sp³-hybridized carbons (Fsp3) is 0.889. The molecule has 208 valence electrons. The summed E-state index contributed by atoms with van der Waals surface area (Å²) >= 11 is 0. The van der Waals surface area contributed by atoms with Gasteiger partial charge >= 0.3 is 0 Å². The van der Waals surface area contributed by atoms with E-state index in [1.165, 1.54) is 51.4 Å². The van der Waals surface area contributed by atoms with E-state index in [1.54, 1.807) is 37.7 Å². The number of hydrogen-bond donors (Lipinski definition) is 0. The summed E-state index contributed by atoms with van der Waals surface area (Å²) in [6.07, 6.45) is 21.9. The first kappa shape index (κ1) is 30.0. The van der Waals surface area contributed by atoms with E-state index in [0.717, 1.165) is 53.3 Å². The van der Waals surface area contributed by atoms with Gasteiger partial charge in [0.05, 0.1) is 0 Å². The number of hydrogen-bond acceptors (Lipinski definition) is 0. The summed E-state index contributed by atoms with van der Waals surface area (Å²) in [4.78, 5) is 0. The molecule has 4 rings (SSSR count). The molecule has 4 aliphatic rings. The summed E-state index contributed by atoms with van der Waals surface area (Å²) in [7, 11) is 0. The second kappa shape index (κ2) is 14.0. The van der Waals surface area contributed by atoms with E-state index < -0.39 is 0 Å². The van der Waals surface area contributed by atoms with E-state index in [9.17, 15) is 0 Å². The van der Waals surface area contributed by atoms with Crippen LogP contribution in [-0.4, -0.2) is 0 Å². The summed E-state index contributed by atoms with van der Waals surface area (Å²) in [5.41, 5.74) is 5.59. The first-order valence-electron chi connectivity index (χ1n) is 16.8. The van der Waals surface area contributed by atoms with E-state index in [-0.39, 0.29) is 0 Å². The van der Waals surface area contributed by atoms with Gasteiger partial charge in [-0.05, 0) is 122 Å². The second-order valence-electron chi connectivity index (χ2n) is 13.5. The van der Waals surface area contributed by atoms with Gasteiger partial charge in [0.2, 0.25) is 0 Å². The Labute approximate surface area is 227 Å². The molecule has 0 heteroatoms. The monoisotopic (exact) mass is 497 g/mol. The molecule has 36 heavy (non-hydrogen) atoms. The van der Waals surface area contributed by atoms with Gasteiger partial charge < -0.3 is 0 Å². The van der Waals surface area contributed by atoms with E-state index in [4.69, 9.17) is 0 Å². The van der Waals surface area contributed by atoms with Crippen LogP contribution in [0.15, 0.2) is 22.8 Å². The number of rotatable bonds is 8. The van der Waals surface area contributed by atoms with E-state index in [1.807, 2.05) is 25.0 Å². The molecule has 0 heterocycles. The maximum atomic E-state index is 2.56.